The second-order valence-electron chi connectivity index (χ2n) is 6.22. The number of hydrogen-bond donors (Lipinski definition) is 1. The number of carbonyl (C=O) groups is 2. The number of nitrogens with one attached hydrogen (secondary N) is 1. The molecule has 1 aromatic heterocycles. The first-order valence-corrected chi connectivity index (χ1v) is 8.96. The topological polar surface area (TPSA) is 121 Å². The van der Waals surface area contributed by atoms with Gasteiger partial charge in [0, 0.05) is 11.6 Å². The number of aromatic nitrogens is 1. The zero-order valence-electron chi connectivity index (χ0n) is 16.3. The maximum Gasteiger partial charge on any atom is 0.347 e. The second kappa shape index (κ2) is 9.09. The zero-order valence-corrected chi connectivity index (χ0v) is 16.3. The Labute approximate surface area is 166 Å². The SMILES string of the molecule is CCC(OC(=O)CO/N=C(\C)c1ccc2c(c1)OCO2)C(=O)Nc1cc(C)on1. The van der Waals surface area contributed by atoms with Crippen molar-refractivity contribution in [3.05, 3.63) is 35.6 Å². The normalized spacial score (nSPS) is 13.7. The van der Waals surface area contributed by atoms with Crippen LogP contribution < -0.4 is 14.8 Å². The minimum Gasteiger partial charge on any atom is -0.454 e. The maximum absolute atomic E-state index is 12.2. The highest BCUT2D eigenvalue weighted by atomic mass is 16.7. The van der Waals surface area contributed by atoms with Gasteiger partial charge in [-0.2, -0.15) is 0 Å². The minimum atomic E-state index is -0.984. The summed E-state index contributed by atoms with van der Waals surface area (Å²) < 4.78 is 20.6. The van der Waals surface area contributed by atoms with Gasteiger partial charge in [-0.05, 0) is 38.5 Å². The van der Waals surface area contributed by atoms with Crippen molar-refractivity contribution in [3.8, 4) is 11.5 Å². The summed E-state index contributed by atoms with van der Waals surface area (Å²) >= 11 is 0. The predicted molar refractivity (Wildman–Crippen MR) is 101 cm³/mol. The molecular formula is C19H21N3O7. The van der Waals surface area contributed by atoms with Crippen LogP contribution in [0.5, 0.6) is 11.5 Å². The average Bonchev–Trinajstić information content (AvgIpc) is 3.33. The van der Waals surface area contributed by atoms with Crippen molar-refractivity contribution >= 4 is 23.4 Å². The molecule has 0 aliphatic carbocycles. The number of benzene rings is 1. The number of nitrogens with zero attached hydrogens (tertiary/aromatic N) is 2. The van der Waals surface area contributed by atoms with E-state index in [4.69, 9.17) is 23.6 Å². The molecule has 1 N–H and O–H groups in total. The summed E-state index contributed by atoms with van der Waals surface area (Å²) in [7, 11) is 0. The van der Waals surface area contributed by atoms with E-state index in [-0.39, 0.29) is 19.0 Å². The first-order valence-electron chi connectivity index (χ1n) is 8.96. The van der Waals surface area contributed by atoms with E-state index in [1.54, 1.807) is 45.0 Å². The van der Waals surface area contributed by atoms with Crippen LogP contribution in [0, 0.1) is 6.92 Å². The molecular weight excluding hydrogens is 382 g/mol. The van der Waals surface area contributed by atoms with Gasteiger partial charge < -0.3 is 28.9 Å². The molecule has 29 heavy (non-hydrogen) atoms. The number of rotatable bonds is 8. The van der Waals surface area contributed by atoms with Gasteiger partial charge in [-0.25, -0.2) is 4.79 Å². The highest BCUT2D eigenvalue weighted by Crippen LogP contribution is 2.32. The second-order valence-corrected chi connectivity index (χ2v) is 6.22. The van der Waals surface area contributed by atoms with E-state index in [0.717, 1.165) is 5.56 Å². The largest absolute Gasteiger partial charge is 0.454 e. The van der Waals surface area contributed by atoms with Crippen LogP contribution in [0.3, 0.4) is 0 Å². The summed E-state index contributed by atoms with van der Waals surface area (Å²) in [5.74, 6) is 0.864. The number of fused-ring (bicyclic) bond motifs is 1. The fourth-order valence-electron chi connectivity index (χ4n) is 2.50. The highest BCUT2D eigenvalue weighted by molar-refractivity contribution is 5.99. The Morgan fingerprint density at radius 3 is 2.79 bits per heavy atom. The molecule has 1 aliphatic heterocycles. The molecule has 1 aromatic carbocycles. The number of hydrogen-bond acceptors (Lipinski definition) is 9. The van der Waals surface area contributed by atoms with Crippen LogP contribution in [-0.4, -0.2) is 42.2 Å². The molecule has 10 heteroatoms. The molecule has 1 unspecified atom stereocenters. The van der Waals surface area contributed by atoms with Crippen molar-refractivity contribution in [1.29, 1.82) is 0 Å². The van der Waals surface area contributed by atoms with Crippen LogP contribution in [0.2, 0.25) is 0 Å². The summed E-state index contributed by atoms with van der Waals surface area (Å²) in [4.78, 5) is 29.2. The lowest BCUT2D eigenvalue weighted by molar-refractivity contribution is -0.158. The maximum atomic E-state index is 12.2. The Balaban J connectivity index is 1.49. The van der Waals surface area contributed by atoms with Crippen LogP contribution >= 0.6 is 0 Å². The molecule has 10 nitrogen and oxygen atoms in total. The van der Waals surface area contributed by atoms with E-state index in [2.05, 4.69) is 15.6 Å². The van der Waals surface area contributed by atoms with Gasteiger partial charge in [0.15, 0.2) is 23.4 Å². The quantitative estimate of drug-likeness (QED) is 0.405. The van der Waals surface area contributed by atoms with Crippen molar-refractivity contribution in [1.82, 2.24) is 5.16 Å². The molecule has 0 spiro atoms. The van der Waals surface area contributed by atoms with Gasteiger partial charge >= 0.3 is 5.97 Å². The van der Waals surface area contributed by atoms with Gasteiger partial charge in [0.2, 0.25) is 13.4 Å². The summed E-state index contributed by atoms with van der Waals surface area (Å²) in [5, 5.41) is 10.1. The lowest BCUT2D eigenvalue weighted by Gasteiger charge is -2.14. The first-order chi connectivity index (χ1) is 14.0. The molecule has 0 radical (unpaired) electrons. The standard InChI is InChI=1S/C19H21N3O7/c1-4-14(19(24)20-17-7-11(2)29-22-17)28-18(23)9-27-21-12(3)13-5-6-15-16(8-13)26-10-25-15/h5-8,14H,4,9-10H2,1-3H3,(H,20,22,24)/b21-12+. The lowest BCUT2D eigenvalue weighted by atomic mass is 10.1. The highest BCUT2D eigenvalue weighted by Gasteiger charge is 2.22. The Morgan fingerprint density at radius 2 is 2.07 bits per heavy atom. The number of amides is 1. The van der Waals surface area contributed by atoms with Crippen molar-refractivity contribution in [2.24, 2.45) is 5.16 Å². The van der Waals surface area contributed by atoms with Crippen LogP contribution in [-0.2, 0) is 19.2 Å². The molecule has 1 atom stereocenters. The fraction of sp³-hybridized carbons (Fsp3) is 0.368. The molecule has 2 heterocycles. The van der Waals surface area contributed by atoms with E-state index in [1.165, 1.54) is 0 Å². The first kappa shape index (κ1) is 20.2. The molecule has 0 saturated heterocycles. The molecule has 0 saturated carbocycles. The lowest BCUT2D eigenvalue weighted by Crippen LogP contribution is -2.33. The number of aryl methyl sites for hydroxylation is 1. The molecule has 154 valence electrons. The summed E-state index contributed by atoms with van der Waals surface area (Å²) in [5.41, 5.74) is 1.30. The Bertz CT molecular complexity index is 922. The fourth-order valence-corrected chi connectivity index (χ4v) is 2.50. The van der Waals surface area contributed by atoms with Crippen LogP contribution in [0.4, 0.5) is 5.82 Å². The summed E-state index contributed by atoms with van der Waals surface area (Å²) in [6.07, 6.45) is -0.699. The third kappa shape index (κ3) is 5.24. The summed E-state index contributed by atoms with van der Waals surface area (Å²) in [6, 6.07) is 6.90. The molecule has 2 aromatic rings. The van der Waals surface area contributed by atoms with E-state index in [9.17, 15) is 9.59 Å². The smallest absolute Gasteiger partial charge is 0.347 e. The Hall–Kier alpha value is -3.56. The van der Waals surface area contributed by atoms with Crippen molar-refractivity contribution in [2.75, 3.05) is 18.7 Å². The Kier molecular flexibility index (Phi) is 6.32. The van der Waals surface area contributed by atoms with Gasteiger partial charge in [0.1, 0.15) is 5.76 Å². The molecule has 1 aliphatic rings. The predicted octanol–water partition coefficient (Wildman–Crippen LogP) is 2.41. The number of oxime groups is 1. The number of ether oxygens (including phenoxy) is 3. The van der Waals surface area contributed by atoms with Gasteiger partial charge in [0.05, 0.1) is 5.71 Å². The molecule has 0 bridgehead atoms. The molecule has 0 fully saturated rings. The van der Waals surface area contributed by atoms with Crippen molar-refractivity contribution in [3.63, 3.8) is 0 Å². The van der Waals surface area contributed by atoms with Crippen LogP contribution in [0.25, 0.3) is 0 Å². The van der Waals surface area contributed by atoms with Gasteiger partial charge in [-0.3, -0.25) is 4.79 Å². The summed E-state index contributed by atoms with van der Waals surface area (Å²) in [6.45, 7) is 4.89. The third-order valence-corrected chi connectivity index (χ3v) is 3.99. The molecule has 3 rings (SSSR count). The minimum absolute atomic E-state index is 0.180. The number of carbonyl (C=O) groups excluding carboxylic acids is 2. The molecule has 1 amide bonds. The number of esters is 1. The van der Waals surface area contributed by atoms with Crippen LogP contribution in [0.15, 0.2) is 33.9 Å². The van der Waals surface area contributed by atoms with E-state index in [1.807, 2.05) is 0 Å². The van der Waals surface area contributed by atoms with Gasteiger partial charge in [-0.1, -0.05) is 17.2 Å². The van der Waals surface area contributed by atoms with Crippen molar-refractivity contribution < 1.29 is 33.2 Å². The monoisotopic (exact) mass is 403 g/mol. The zero-order chi connectivity index (χ0) is 20.8. The third-order valence-electron chi connectivity index (χ3n) is 3.99. The van der Waals surface area contributed by atoms with Crippen LogP contribution in [0.1, 0.15) is 31.6 Å². The van der Waals surface area contributed by atoms with Gasteiger partial charge in [0.25, 0.3) is 5.91 Å². The van der Waals surface area contributed by atoms with Crippen molar-refractivity contribution in [2.45, 2.75) is 33.3 Å². The average molecular weight is 403 g/mol. The van der Waals surface area contributed by atoms with E-state index >= 15 is 0 Å². The van der Waals surface area contributed by atoms with E-state index in [0.29, 0.717) is 23.0 Å². The van der Waals surface area contributed by atoms with E-state index < -0.39 is 24.6 Å². The van der Waals surface area contributed by atoms with Gasteiger partial charge in [-0.15, -0.1) is 0 Å². The Morgan fingerprint density at radius 1 is 1.28 bits per heavy atom. The number of anilines is 1.